The molecule has 0 radical (unpaired) electrons. The molecule has 0 aliphatic rings. The van der Waals surface area contributed by atoms with Gasteiger partial charge in [-0.25, -0.2) is 0 Å². The van der Waals surface area contributed by atoms with Crippen molar-refractivity contribution < 1.29 is 19.7 Å². The first-order valence-electron chi connectivity index (χ1n) is 7.80. The van der Waals surface area contributed by atoms with Gasteiger partial charge in [-0.05, 0) is 25.7 Å². The normalized spacial score (nSPS) is 12.8. The monoisotopic (exact) mass is 286 g/mol. The molecule has 0 aromatic rings. The van der Waals surface area contributed by atoms with E-state index < -0.39 is 6.10 Å². The molecular formula is C16H30O4. The molecule has 0 spiro atoms. The van der Waals surface area contributed by atoms with Gasteiger partial charge in [0.25, 0.3) is 0 Å². The molecule has 0 fully saturated rings. The summed E-state index contributed by atoms with van der Waals surface area (Å²) in [6, 6.07) is 0. The molecule has 0 saturated heterocycles. The molecule has 1 atom stereocenters. The molecule has 0 aromatic heterocycles. The number of hydrogen-bond donors (Lipinski definition) is 2. The highest BCUT2D eigenvalue weighted by Gasteiger charge is 2.07. The summed E-state index contributed by atoms with van der Waals surface area (Å²) in [4.78, 5) is 11.3. The van der Waals surface area contributed by atoms with Crippen LogP contribution in [0.25, 0.3) is 0 Å². The minimum absolute atomic E-state index is 0.112. The van der Waals surface area contributed by atoms with Crippen LogP contribution in [-0.2, 0) is 9.53 Å². The van der Waals surface area contributed by atoms with Crippen molar-refractivity contribution in [2.75, 3.05) is 13.2 Å². The minimum atomic E-state index is -0.959. The molecule has 0 bridgehead atoms. The topological polar surface area (TPSA) is 66.8 Å². The maximum absolute atomic E-state index is 11.3. The smallest absolute Gasteiger partial charge is 0.305 e. The van der Waals surface area contributed by atoms with Crippen LogP contribution < -0.4 is 0 Å². The largest absolute Gasteiger partial charge is 0.463 e. The Morgan fingerprint density at radius 2 is 1.75 bits per heavy atom. The van der Waals surface area contributed by atoms with E-state index in [1.165, 1.54) is 25.7 Å². The van der Waals surface area contributed by atoms with Crippen LogP contribution in [0.4, 0.5) is 0 Å². The van der Waals surface area contributed by atoms with Gasteiger partial charge in [0, 0.05) is 6.42 Å². The van der Waals surface area contributed by atoms with Gasteiger partial charge < -0.3 is 14.9 Å². The Morgan fingerprint density at radius 1 is 1.10 bits per heavy atom. The van der Waals surface area contributed by atoms with Crippen LogP contribution in [-0.4, -0.2) is 35.5 Å². The lowest BCUT2D eigenvalue weighted by molar-refractivity contribution is -0.147. The summed E-state index contributed by atoms with van der Waals surface area (Å²) in [5.41, 5.74) is 0. The number of allylic oxidation sites excluding steroid dienone is 2. The van der Waals surface area contributed by atoms with E-state index in [0.717, 1.165) is 25.7 Å². The first-order chi connectivity index (χ1) is 9.70. The number of ether oxygens (including phenoxy) is 1. The van der Waals surface area contributed by atoms with Gasteiger partial charge in [-0.3, -0.25) is 4.79 Å². The van der Waals surface area contributed by atoms with Crippen molar-refractivity contribution in [3.63, 3.8) is 0 Å². The Labute approximate surface area is 122 Å². The van der Waals surface area contributed by atoms with Crippen LogP contribution in [0.2, 0.25) is 0 Å². The first-order valence-corrected chi connectivity index (χ1v) is 7.80. The summed E-state index contributed by atoms with van der Waals surface area (Å²) in [6.45, 7) is 1.69. The number of unbranched alkanes of at least 4 members (excludes halogenated alkanes) is 6. The van der Waals surface area contributed by atoms with E-state index in [0.29, 0.717) is 6.42 Å². The zero-order valence-electron chi connectivity index (χ0n) is 12.7. The number of carbonyl (C=O) groups is 1. The summed E-state index contributed by atoms with van der Waals surface area (Å²) in [5, 5.41) is 17.6. The van der Waals surface area contributed by atoms with Crippen LogP contribution >= 0.6 is 0 Å². The number of aliphatic hydroxyl groups excluding tert-OH is 2. The highest BCUT2D eigenvalue weighted by Crippen LogP contribution is 2.08. The van der Waals surface area contributed by atoms with E-state index in [-0.39, 0.29) is 19.2 Å². The number of carbonyl (C=O) groups excluding carboxylic acids is 1. The van der Waals surface area contributed by atoms with Crippen LogP contribution in [0.1, 0.15) is 64.7 Å². The fraction of sp³-hybridized carbons (Fsp3) is 0.812. The molecule has 20 heavy (non-hydrogen) atoms. The van der Waals surface area contributed by atoms with Crippen molar-refractivity contribution in [3.05, 3.63) is 12.2 Å². The number of esters is 1. The standard InChI is InChI=1S/C16H30O4/c1-2-3-4-5-6-7-8-9-10-11-12-16(19)20-14-15(18)13-17/h4-5,15,17-18H,2-3,6-14H2,1H3/b5-4-/t15-/m1/s1. The van der Waals surface area contributed by atoms with Crippen LogP contribution in [0.15, 0.2) is 12.2 Å². The Bertz CT molecular complexity index is 251. The van der Waals surface area contributed by atoms with Crippen LogP contribution in [0.3, 0.4) is 0 Å². The third-order valence-corrected chi connectivity index (χ3v) is 3.02. The highest BCUT2D eigenvalue weighted by atomic mass is 16.5. The van der Waals surface area contributed by atoms with Gasteiger partial charge in [0.05, 0.1) is 6.61 Å². The summed E-state index contributed by atoms with van der Waals surface area (Å²) in [5.74, 6) is -0.292. The van der Waals surface area contributed by atoms with Crippen molar-refractivity contribution in [2.24, 2.45) is 0 Å². The third kappa shape index (κ3) is 13.6. The van der Waals surface area contributed by atoms with Crippen LogP contribution in [0, 0.1) is 0 Å². The molecular weight excluding hydrogens is 256 g/mol. The Balaban J connectivity index is 3.25. The summed E-state index contributed by atoms with van der Waals surface area (Å²) in [6.07, 6.45) is 12.9. The average molecular weight is 286 g/mol. The van der Waals surface area contributed by atoms with E-state index in [2.05, 4.69) is 19.1 Å². The van der Waals surface area contributed by atoms with E-state index in [9.17, 15) is 4.79 Å². The predicted octanol–water partition coefficient (Wildman–Crippen LogP) is 2.97. The molecule has 0 aliphatic carbocycles. The molecule has 2 N–H and O–H groups in total. The van der Waals surface area contributed by atoms with Gasteiger partial charge >= 0.3 is 5.97 Å². The molecule has 0 unspecified atom stereocenters. The third-order valence-electron chi connectivity index (χ3n) is 3.02. The molecule has 0 rings (SSSR count). The molecule has 118 valence electrons. The SMILES string of the molecule is CCC/C=C\CCCCCCCC(=O)OC[C@H](O)CO. The highest BCUT2D eigenvalue weighted by molar-refractivity contribution is 5.69. The van der Waals surface area contributed by atoms with Crippen molar-refractivity contribution in [2.45, 2.75) is 70.8 Å². The van der Waals surface area contributed by atoms with Gasteiger partial charge in [-0.15, -0.1) is 0 Å². The maximum Gasteiger partial charge on any atom is 0.305 e. The van der Waals surface area contributed by atoms with Gasteiger partial charge in [0.1, 0.15) is 12.7 Å². The first kappa shape index (κ1) is 19.1. The Morgan fingerprint density at radius 3 is 2.45 bits per heavy atom. The summed E-state index contributed by atoms with van der Waals surface area (Å²) in [7, 11) is 0. The second-order valence-electron chi connectivity index (χ2n) is 5.09. The zero-order chi connectivity index (χ0) is 15.1. The Kier molecular flexibility index (Phi) is 13.9. The van der Waals surface area contributed by atoms with Crippen molar-refractivity contribution in [1.29, 1.82) is 0 Å². The maximum atomic E-state index is 11.3. The molecule has 0 amide bonds. The second kappa shape index (κ2) is 14.5. The van der Waals surface area contributed by atoms with Crippen molar-refractivity contribution >= 4 is 5.97 Å². The lowest BCUT2D eigenvalue weighted by atomic mass is 10.1. The molecule has 0 aliphatic heterocycles. The minimum Gasteiger partial charge on any atom is -0.463 e. The molecule has 0 saturated carbocycles. The van der Waals surface area contributed by atoms with Crippen LogP contribution in [0.5, 0.6) is 0 Å². The Hall–Kier alpha value is -0.870. The second-order valence-corrected chi connectivity index (χ2v) is 5.09. The van der Waals surface area contributed by atoms with E-state index in [4.69, 9.17) is 14.9 Å². The zero-order valence-corrected chi connectivity index (χ0v) is 12.7. The average Bonchev–Trinajstić information content (AvgIpc) is 2.46. The van der Waals surface area contributed by atoms with Gasteiger partial charge in [-0.2, -0.15) is 0 Å². The van der Waals surface area contributed by atoms with Gasteiger partial charge in [0.2, 0.25) is 0 Å². The van der Waals surface area contributed by atoms with E-state index in [1.807, 2.05) is 0 Å². The van der Waals surface area contributed by atoms with E-state index >= 15 is 0 Å². The van der Waals surface area contributed by atoms with Gasteiger partial charge in [0.15, 0.2) is 0 Å². The summed E-state index contributed by atoms with van der Waals surface area (Å²) >= 11 is 0. The summed E-state index contributed by atoms with van der Waals surface area (Å²) < 4.78 is 4.82. The molecule has 4 nitrogen and oxygen atoms in total. The molecule has 4 heteroatoms. The predicted molar refractivity (Wildman–Crippen MR) is 80.4 cm³/mol. The van der Waals surface area contributed by atoms with E-state index in [1.54, 1.807) is 0 Å². The van der Waals surface area contributed by atoms with Crippen molar-refractivity contribution in [3.8, 4) is 0 Å². The number of aliphatic hydroxyl groups is 2. The lowest BCUT2D eigenvalue weighted by Gasteiger charge is -2.08. The van der Waals surface area contributed by atoms with Crippen molar-refractivity contribution in [1.82, 2.24) is 0 Å². The van der Waals surface area contributed by atoms with Gasteiger partial charge in [-0.1, -0.05) is 44.8 Å². The molecule has 0 aromatic carbocycles. The fourth-order valence-electron chi connectivity index (χ4n) is 1.78. The number of rotatable bonds is 13. The molecule has 0 heterocycles. The quantitative estimate of drug-likeness (QED) is 0.310. The lowest BCUT2D eigenvalue weighted by Crippen LogP contribution is -2.21. The number of hydrogen-bond acceptors (Lipinski definition) is 4. The fourth-order valence-corrected chi connectivity index (χ4v) is 1.78.